The van der Waals surface area contributed by atoms with Gasteiger partial charge >= 0.3 is 0 Å². The largest absolute Gasteiger partial charge is 0.507 e. The number of benzene rings is 1. The summed E-state index contributed by atoms with van der Waals surface area (Å²) in [5.41, 5.74) is 3.01. The molecule has 1 aliphatic heterocycles. The van der Waals surface area contributed by atoms with E-state index in [-0.39, 0.29) is 16.7 Å². The van der Waals surface area contributed by atoms with Crippen LogP contribution in [0.15, 0.2) is 48.2 Å². The molecule has 1 fully saturated rings. The van der Waals surface area contributed by atoms with Gasteiger partial charge in [-0.1, -0.05) is 39.0 Å². The normalized spacial score (nSPS) is 18.6. The predicted molar refractivity (Wildman–Crippen MR) is 126 cm³/mol. The number of carbonyl (C=O) groups is 2. The van der Waals surface area contributed by atoms with E-state index >= 15 is 0 Å². The standard InChI is InChI=1S/C26H33N3O3/c1-17-11-12-18(26(2,3)4)16-19(17)23(30)21-22(20-10-7-8-13-27-20)29(25(32)24(21)31)15-9-14-28(5)6/h7-8,10-13,16,22,30H,9,14-15H2,1-6H3/b23-21+. The van der Waals surface area contributed by atoms with Gasteiger partial charge in [0.05, 0.1) is 11.3 Å². The molecule has 6 nitrogen and oxygen atoms in total. The number of likely N-dealkylation sites (tertiary alicyclic amines) is 1. The predicted octanol–water partition coefficient (Wildman–Crippen LogP) is 4.06. The fraction of sp³-hybridized carbons (Fsp3) is 0.423. The molecular weight excluding hydrogens is 402 g/mol. The van der Waals surface area contributed by atoms with Crippen molar-refractivity contribution in [2.45, 2.75) is 45.6 Å². The van der Waals surface area contributed by atoms with Crippen molar-refractivity contribution >= 4 is 17.4 Å². The molecule has 2 aromatic rings. The Hall–Kier alpha value is -2.99. The van der Waals surface area contributed by atoms with Crippen molar-refractivity contribution in [3.8, 4) is 0 Å². The summed E-state index contributed by atoms with van der Waals surface area (Å²) in [4.78, 5) is 34.2. The van der Waals surface area contributed by atoms with Crippen molar-refractivity contribution < 1.29 is 14.7 Å². The van der Waals surface area contributed by atoms with Gasteiger partial charge in [0, 0.05) is 18.3 Å². The lowest BCUT2D eigenvalue weighted by Crippen LogP contribution is -2.32. The van der Waals surface area contributed by atoms with Gasteiger partial charge in [0.25, 0.3) is 11.7 Å². The van der Waals surface area contributed by atoms with E-state index in [1.165, 1.54) is 0 Å². The lowest BCUT2D eigenvalue weighted by atomic mass is 9.84. The second kappa shape index (κ2) is 9.25. The molecule has 1 N–H and O–H groups in total. The summed E-state index contributed by atoms with van der Waals surface area (Å²) in [6, 6.07) is 10.6. The van der Waals surface area contributed by atoms with Crippen molar-refractivity contribution in [3.05, 3.63) is 70.6 Å². The Bertz CT molecular complexity index is 1040. The van der Waals surface area contributed by atoms with Crippen LogP contribution in [0.5, 0.6) is 0 Å². The van der Waals surface area contributed by atoms with Crippen LogP contribution in [0.1, 0.15) is 55.6 Å². The van der Waals surface area contributed by atoms with E-state index in [0.29, 0.717) is 24.2 Å². The second-order valence-electron chi connectivity index (χ2n) is 9.68. The maximum atomic E-state index is 13.2. The van der Waals surface area contributed by atoms with E-state index in [4.69, 9.17) is 0 Å². The molecule has 3 rings (SSSR count). The van der Waals surface area contributed by atoms with E-state index in [0.717, 1.165) is 17.7 Å². The Morgan fingerprint density at radius 1 is 1.16 bits per heavy atom. The molecule has 1 aromatic carbocycles. The van der Waals surface area contributed by atoms with Crippen LogP contribution in [0.2, 0.25) is 0 Å². The number of rotatable bonds is 6. The quantitative estimate of drug-likeness (QED) is 0.421. The first kappa shape index (κ1) is 23.7. The Kier molecular flexibility index (Phi) is 6.84. The Balaban J connectivity index is 2.15. The molecule has 2 heterocycles. The number of aryl methyl sites for hydroxylation is 1. The van der Waals surface area contributed by atoms with Crippen LogP contribution in [0, 0.1) is 6.92 Å². The summed E-state index contributed by atoms with van der Waals surface area (Å²) in [5.74, 6) is -1.40. The van der Waals surface area contributed by atoms with Crippen LogP contribution in [-0.2, 0) is 15.0 Å². The minimum absolute atomic E-state index is 0.104. The average molecular weight is 436 g/mol. The first-order valence-corrected chi connectivity index (χ1v) is 11.0. The molecule has 1 atom stereocenters. The van der Waals surface area contributed by atoms with Gasteiger partial charge in [-0.2, -0.15) is 0 Å². The fourth-order valence-electron chi connectivity index (χ4n) is 4.00. The van der Waals surface area contributed by atoms with Crippen LogP contribution in [0.4, 0.5) is 0 Å². The van der Waals surface area contributed by atoms with E-state index in [2.05, 4.69) is 25.8 Å². The Morgan fingerprint density at radius 2 is 1.88 bits per heavy atom. The van der Waals surface area contributed by atoms with Gasteiger partial charge in [0.1, 0.15) is 11.8 Å². The smallest absolute Gasteiger partial charge is 0.295 e. The van der Waals surface area contributed by atoms with Crippen LogP contribution in [0.25, 0.3) is 5.76 Å². The third kappa shape index (κ3) is 4.75. The lowest BCUT2D eigenvalue weighted by Gasteiger charge is -2.25. The van der Waals surface area contributed by atoms with Gasteiger partial charge in [-0.05, 0) is 68.7 Å². The van der Waals surface area contributed by atoms with Crippen molar-refractivity contribution in [1.29, 1.82) is 0 Å². The van der Waals surface area contributed by atoms with E-state index in [9.17, 15) is 14.7 Å². The first-order valence-electron chi connectivity index (χ1n) is 11.0. The van der Waals surface area contributed by atoms with Crippen molar-refractivity contribution in [2.24, 2.45) is 0 Å². The molecule has 32 heavy (non-hydrogen) atoms. The summed E-state index contributed by atoms with van der Waals surface area (Å²) < 4.78 is 0. The van der Waals surface area contributed by atoms with Crippen molar-refractivity contribution in [3.63, 3.8) is 0 Å². The fourth-order valence-corrected chi connectivity index (χ4v) is 4.00. The number of aromatic nitrogens is 1. The molecule has 1 aliphatic rings. The lowest BCUT2D eigenvalue weighted by molar-refractivity contribution is -0.140. The van der Waals surface area contributed by atoms with Gasteiger partial charge in [0.15, 0.2) is 0 Å². The monoisotopic (exact) mass is 435 g/mol. The van der Waals surface area contributed by atoms with E-state index in [1.54, 1.807) is 23.2 Å². The zero-order valence-electron chi connectivity index (χ0n) is 19.8. The highest BCUT2D eigenvalue weighted by Gasteiger charge is 2.46. The number of pyridine rings is 1. The molecule has 1 unspecified atom stereocenters. The summed E-state index contributed by atoms with van der Waals surface area (Å²) in [7, 11) is 3.94. The van der Waals surface area contributed by atoms with Crippen LogP contribution < -0.4 is 0 Å². The molecule has 0 saturated carbocycles. The van der Waals surface area contributed by atoms with Gasteiger partial charge in [-0.15, -0.1) is 0 Å². The maximum Gasteiger partial charge on any atom is 0.295 e. The van der Waals surface area contributed by atoms with Crippen LogP contribution in [0.3, 0.4) is 0 Å². The molecule has 1 aromatic heterocycles. The zero-order valence-corrected chi connectivity index (χ0v) is 19.8. The molecule has 170 valence electrons. The van der Waals surface area contributed by atoms with Crippen LogP contribution >= 0.6 is 0 Å². The number of hydrogen-bond donors (Lipinski definition) is 1. The van der Waals surface area contributed by atoms with Crippen LogP contribution in [-0.4, -0.2) is 58.8 Å². The first-order chi connectivity index (χ1) is 15.0. The van der Waals surface area contributed by atoms with E-state index < -0.39 is 17.7 Å². The van der Waals surface area contributed by atoms with Crippen molar-refractivity contribution in [1.82, 2.24) is 14.8 Å². The third-order valence-corrected chi connectivity index (χ3v) is 5.87. The molecule has 0 bridgehead atoms. The number of Topliss-reactive ketones (excluding diaryl/α,β-unsaturated/α-hetero) is 1. The molecule has 1 amide bonds. The summed E-state index contributed by atoms with van der Waals surface area (Å²) >= 11 is 0. The second-order valence-corrected chi connectivity index (χ2v) is 9.68. The zero-order chi connectivity index (χ0) is 23.6. The Morgan fingerprint density at radius 3 is 2.47 bits per heavy atom. The number of carbonyl (C=O) groups excluding carboxylic acids is 2. The number of aliphatic hydroxyl groups excluding tert-OH is 1. The van der Waals surface area contributed by atoms with E-state index in [1.807, 2.05) is 50.2 Å². The molecular formula is C26H33N3O3. The third-order valence-electron chi connectivity index (χ3n) is 5.87. The Labute approximate surface area is 190 Å². The highest BCUT2D eigenvalue weighted by atomic mass is 16.3. The minimum Gasteiger partial charge on any atom is -0.507 e. The number of amides is 1. The topological polar surface area (TPSA) is 73.7 Å². The number of hydrogen-bond acceptors (Lipinski definition) is 5. The molecule has 6 heteroatoms. The SMILES string of the molecule is Cc1ccc(C(C)(C)C)cc1/C(O)=C1\C(=O)C(=O)N(CCCN(C)C)C1c1ccccn1. The minimum atomic E-state index is -0.712. The number of ketones is 1. The summed E-state index contributed by atoms with van der Waals surface area (Å²) in [5, 5.41) is 11.4. The maximum absolute atomic E-state index is 13.2. The van der Waals surface area contributed by atoms with Gasteiger partial charge < -0.3 is 14.9 Å². The molecule has 0 radical (unpaired) electrons. The van der Waals surface area contributed by atoms with Gasteiger partial charge in [0.2, 0.25) is 0 Å². The highest BCUT2D eigenvalue weighted by Crippen LogP contribution is 2.39. The number of aliphatic hydroxyl groups is 1. The van der Waals surface area contributed by atoms with Gasteiger partial charge in [-0.25, -0.2) is 0 Å². The summed E-state index contributed by atoms with van der Waals surface area (Å²) in [6.45, 7) is 9.37. The highest BCUT2D eigenvalue weighted by molar-refractivity contribution is 6.46. The average Bonchev–Trinajstić information content (AvgIpc) is 2.98. The molecule has 0 spiro atoms. The number of nitrogens with zero attached hydrogens (tertiary/aromatic N) is 3. The molecule has 0 aliphatic carbocycles. The van der Waals surface area contributed by atoms with Crippen molar-refractivity contribution in [2.75, 3.05) is 27.2 Å². The molecule has 1 saturated heterocycles. The van der Waals surface area contributed by atoms with Gasteiger partial charge in [-0.3, -0.25) is 14.6 Å². The summed E-state index contributed by atoms with van der Waals surface area (Å²) in [6.07, 6.45) is 2.35.